The third kappa shape index (κ3) is 1.51. The van der Waals surface area contributed by atoms with Gasteiger partial charge in [-0.15, -0.1) is 0 Å². The maximum Gasteiger partial charge on any atom is 0.0321 e. The first kappa shape index (κ1) is 12.6. The average molecular weight is 272 g/mol. The summed E-state index contributed by atoms with van der Waals surface area (Å²) in [4.78, 5) is 0. The lowest BCUT2D eigenvalue weighted by atomic mass is 9.53. The van der Waals surface area contributed by atoms with Gasteiger partial charge < -0.3 is 0 Å². The normalized spacial score (nSPS) is 28.7. The van der Waals surface area contributed by atoms with E-state index in [9.17, 15) is 0 Å². The minimum absolute atomic E-state index is 0.106. The van der Waals surface area contributed by atoms with Crippen molar-refractivity contribution >= 4 is 5.57 Å². The molecule has 104 valence electrons. The standard InChI is InChI=1S/C21H20/c1-20(2)19(16-9-5-3-6-10-16)15-18-13-14-21(18,20)17-11-7-4-8-12-17/h3-15,18H,1-2H3. The molecule has 0 radical (unpaired) electrons. The second-order valence-corrected chi connectivity index (χ2v) is 6.69. The van der Waals surface area contributed by atoms with Crippen molar-refractivity contribution in [2.45, 2.75) is 19.3 Å². The van der Waals surface area contributed by atoms with Crippen molar-refractivity contribution in [1.29, 1.82) is 0 Å². The Morgan fingerprint density at radius 2 is 1.43 bits per heavy atom. The summed E-state index contributed by atoms with van der Waals surface area (Å²) in [5, 5.41) is 0. The first-order chi connectivity index (χ1) is 10.2. The molecule has 2 atom stereocenters. The second-order valence-electron chi connectivity index (χ2n) is 6.69. The van der Waals surface area contributed by atoms with Crippen molar-refractivity contribution < 1.29 is 0 Å². The van der Waals surface area contributed by atoms with Gasteiger partial charge in [-0.25, -0.2) is 0 Å². The lowest BCUT2D eigenvalue weighted by molar-refractivity contribution is 0.250. The highest BCUT2D eigenvalue weighted by Gasteiger charge is 2.58. The predicted octanol–water partition coefficient (Wildman–Crippen LogP) is 5.23. The second kappa shape index (κ2) is 4.21. The van der Waals surface area contributed by atoms with Crippen molar-refractivity contribution in [2.75, 3.05) is 0 Å². The minimum atomic E-state index is 0.106. The summed E-state index contributed by atoms with van der Waals surface area (Å²) in [7, 11) is 0. The summed E-state index contributed by atoms with van der Waals surface area (Å²) in [6.45, 7) is 4.78. The lowest BCUT2D eigenvalue weighted by Crippen LogP contribution is -2.46. The summed E-state index contributed by atoms with van der Waals surface area (Å²) in [6.07, 6.45) is 7.24. The van der Waals surface area contributed by atoms with E-state index in [4.69, 9.17) is 0 Å². The summed E-state index contributed by atoms with van der Waals surface area (Å²) in [5.41, 5.74) is 4.50. The van der Waals surface area contributed by atoms with E-state index >= 15 is 0 Å². The van der Waals surface area contributed by atoms with E-state index < -0.39 is 0 Å². The van der Waals surface area contributed by atoms with E-state index in [1.807, 2.05) is 0 Å². The molecule has 0 amide bonds. The predicted molar refractivity (Wildman–Crippen MR) is 89.0 cm³/mol. The molecule has 0 spiro atoms. The molecule has 0 N–H and O–H groups in total. The third-order valence-electron chi connectivity index (χ3n) is 5.48. The van der Waals surface area contributed by atoms with Crippen LogP contribution in [-0.4, -0.2) is 0 Å². The van der Waals surface area contributed by atoms with Gasteiger partial charge in [0.25, 0.3) is 0 Å². The van der Waals surface area contributed by atoms with Crippen molar-refractivity contribution in [3.63, 3.8) is 0 Å². The maximum absolute atomic E-state index is 2.47. The van der Waals surface area contributed by atoms with Crippen LogP contribution in [0.4, 0.5) is 0 Å². The molecule has 0 heteroatoms. The van der Waals surface area contributed by atoms with E-state index in [0.29, 0.717) is 5.92 Å². The lowest BCUT2D eigenvalue weighted by Gasteiger charge is -2.49. The van der Waals surface area contributed by atoms with E-state index in [1.54, 1.807) is 0 Å². The molecule has 0 fully saturated rings. The van der Waals surface area contributed by atoms with Gasteiger partial charge in [0.05, 0.1) is 0 Å². The molecule has 0 aromatic heterocycles. The van der Waals surface area contributed by atoms with Crippen LogP contribution in [0.1, 0.15) is 25.0 Å². The highest BCUT2D eigenvalue weighted by Crippen LogP contribution is 2.64. The Bertz CT molecular complexity index is 719. The summed E-state index contributed by atoms with van der Waals surface area (Å²) < 4.78 is 0. The molecule has 2 aliphatic carbocycles. The van der Waals surface area contributed by atoms with E-state index in [0.717, 1.165) is 0 Å². The molecule has 21 heavy (non-hydrogen) atoms. The Labute approximate surface area is 126 Å². The monoisotopic (exact) mass is 272 g/mol. The quantitative estimate of drug-likeness (QED) is 0.656. The SMILES string of the molecule is CC1(C)C(c2ccccc2)=CC2C=CC21c1ccccc1. The van der Waals surface area contributed by atoms with Gasteiger partial charge in [-0.3, -0.25) is 0 Å². The van der Waals surface area contributed by atoms with Gasteiger partial charge in [-0.2, -0.15) is 0 Å². The maximum atomic E-state index is 2.47. The Morgan fingerprint density at radius 3 is 2.00 bits per heavy atom. The topological polar surface area (TPSA) is 0 Å². The Kier molecular flexibility index (Phi) is 2.53. The largest absolute Gasteiger partial charge is 0.0794 e. The van der Waals surface area contributed by atoms with Crippen LogP contribution in [0, 0.1) is 11.3 Å². The molecule has 0 aliphatic heterocycles. The summed E-state index contributed by atoms with van der Waals surface area (Å²) in [6, 6.07) is 21.8. The molecule has 2 aromatic carbocycles. The molecule has 4 rings (SSSR count). The minimum Gasteiger partial charge on any atom is -0.0794 e. The van der Waals surface area contributed by atoms with E-state index in [-0.39, 0.29) is 10.8 Å². The zero-order valence-electron chi connectivity index (χ0n) is 12.6. The number of rotatable bonds is 2. The van der Waals surface area contributed by atoms with E-state index in [2.05, 4.69) is 92.7 Å². The van der Waals surface area contributed by atoms with Crippen LogP contribution in [0.3, 0.4) is 0 Å². The number of fused-ring (bicyclic) bond motifs is 1. The number of allylic oxidation sites excluding steroid dienone is 4. The summed E-state index contributed by atoms with van der Waals surface area (Å²) >= 11 is 0. The van der Waals surface area contributed by atoms with Crippen LogP contribution in [0.5, 0.6) is 0 Å². The van der Waals surface area contributed by atoms with Crippen LogP contribution in [-0.2, 0) is 5.41 Å². The Hall–Kier alpha value is -2.08. The summed E-state index contributed by atoms with van der Waals surface area (Å²) in [5.74, 6) is 0.519. The van der Waals surface area contributed by atoms with Crippen molar-refractivity contribution in [3.8, 4) is 0 Å². The van der Waals surface area contributed by atoms with Gasteiger partial charge in [0, 0.05) is 16.7 Å². The number of benzene rings is 2. The zero-order valence-corrected chi connectivity index (χ0v) is 12.6. The fourth-order valence-electron chi connectivity index (χ4n) is 4.26. The van der Waals surface area contributed by atoms with Gasteiger partial charge >= 0.3 is 0 Å². The zero-order chi connectivity index (χ0) is 14.5. The van der Waals surface area contributed by atoms with Gasteiger partial charge in [0.2, 0.25) is 0 Å². The molecule has 0 saturated carbocycles. The molecular formula is C21H20. The van der Waals surface area contributed by atoms with Crippen LogP contribution < -0.4 is 0 Å². The van der Waals surface area contributed by atoms with Gasteiger partial charge in [0.15, 0.2) is 0 Å². The highest BCUT2D eigenvalue weighted by molar-refractivity contribution is 5.78. The fraction of sp³-hybridized carbons (Fsp3) is 0.238. The Balaban J connectivity index is 1.86. The molecule has 0 nitrogen and oxygen atoms in total. The number of hydrogen-bond donors (Lipinski definition) is 0. The van der Waals surface area contributed by atoms with Gasteiger partial charge in [-0.05, 0) is 16.7 Å². The van der Waals surface area contributed by atoms with Crippen LogP contribution in [0.2, 0.25) is 0 Å². The first-order valence-corrected chi connectivity index (χ1v) is 7.69. The smallest absolute Gasteiger partial charge is 0.0321 e. The van der Waals surface area contributed by atoms with Crippen molar-refractivity contribution in [3.05, 3.63) is 90.0 Å². The molecule has 0 saturated heterocycles. The van der Waals surface area contributed by atoms with E-state index in [1.165, 1.54) is 16.7 Å². The van der Waals surface area contributed by atoms with Gasteiger partial charge in [-0.1, -0.05) is 92.7 Å². The molecule has 2 aromatic rings. The average Bonchev–Trinajstić information content (AvgIpc) is 2.63. The molecule has 0 bridgehead atoms. The van der Waals surface area contributed by atoms with Crippen LogP contribution >= 0.6 is 0 Å². The molecular weight excluding hydrogens is 252 g/mol. The van der Waals surface area contributed by atoms with Gasteiger partial charge in [0.1, 0.15) is 0 Å². The van der Waals surface area contributed by atoms with Crippen molar-refractivity contribution in [2.24, 2.45) is 11.3 Å². The van der Waals surface area contributed by atoms with Crippen LogP contribution in [0.25, 0.3) is 5.57 Å². The molecule has 2 aliphatic rings. The fourth-order valence-corrected chi connectivity index (χ4v) is 4.26. The molecule has 2 unspecified atom stereocenters. The van der Waals surface area contributed by atoms with Crippen molar-refractivity contribution in [1.82, 2.24) is 0 Å². The Morgan fingerprint density at radius 1 is 0.810 bits per heavy atom. The number of hydrogen-bond acceptors (Lipinski definition) is 0. The molecule has 0 heterocycles. The third-order valence-corrected chi connectivity index (χ3v) is 5.48. The first-order valence-electron chi connectivity index (χ1n) is 7.69. The highest BCUT2D eigenvalue weighted by atomic mass is 14.6. The van der Waals surface area contributed by atoms with Crippen LogP contribution in [0.15, 0.2) is 78.9 Å².